The molecule has 0 aliphatic rings. The fourth-order valence-corrected chi connectivity index (χ4v) is 2.08. The van der Waals surface area contributed by atoms with Gasteiger partial charge in [0.25, 0.3) is 5.91 Å². The van der Waals surface area contributed by atoms with E-state index in [2.05, 4.69) is 10.1 Å². The number of rotatable bonds is 5. The lowest BCUT2D eigenvalue weighted by atomic mass is 10.1. The van der Waals surface area contributed by atoms with Crippen LogP contribution in [0.3, 0.4) is 0 Å². The van der Waals surface area contributed by atoms with Crippen LogP contribution in [0.15, 0.2) is 48.5 Å². The quantitative estimate of drug-likeness (QED) is 0.814. The van der Waals surface area contributed by atoms with Crippen molar-refractivity contribution < 1.29 is 32.2 Å². The van der Waals surface area contributed by atoms with E-state index in [0.717, 1.165) is 12.1 Å². The topological polar surface area (TPSA) is 64.6 Å². The second kappa shape index (κ2) is 7.90. The van der Waals surface area contributed by atoms with E-state index in [0.29, 0.717) is 5.75 Å². The molecule has 2 aromatic carbocycles. The number of methoxy groups -OCH3 is 1. The third kappa shape index (κ3) is 4.98. The number of anilines is 1. The van der Waals surface area contributed by atoms with Crippen molar-refractivity contribution in [2.24, 2.45) is 0 Å². The van der Waals surface area contributed by atoms with Crippen LogP contribution in [0.4, 0.5) is 18.9 Å². The predicted molar refractivity (Wildman–Crippen MR) is 87.9 cm³/mol. The molecule has 0 aliphatic carbocycles. The van der Waals surface area contributed by atoms with E-state index in [1.54, 1.807) is 0 Å². The monoisotopic (exact) mass is 367 g/mol. The van der Waals surface area contributed by atoms with E-state index in [1.807, 2.05) is 0 Å². The molecule has 5 nitrogen and oxygen atoms in total. The lowest BCUT2D eigenvalue weighted by Gasteiger charge is -2.13. The Labute approximate surface area is 147 Å². The van der Waals surface area contributed by atoms with Crippen LogP contribution in [0.5, 0.6) is 5.75 Å². The van der Waals surface area contributed by atoms with Crippen molar-refractivity contribution in [3.63, 3.8) is 0 Å². The molecular formula is C18H16F3NO4. The first-order valence-electron chi connectivity index (χ1n) is 7.54. The van der Waals surface area contributed by atoms with Crippen molar-refractivity contribution in [2.75, 3.05) is 12.4 Å². The highest BCUT2D eigenvalue weighted by molar-refractivity contribution is 6.04. The van der Waals surface area contributed by atoms with E-state index in [9.17, 15) is 22.8 Å². The molecule has 0 saturated heterocycles. The Morgan fingerprint density at radius 1 is 1.08 bits per heavy atom. The molecule has 2 aromatic rings. The maximum atomic E-state index is 12.7. The Morgan fingerprint density at radius 3 is 2.31 bits per heavy atom. The van der Waals surface area contributed by atoms with E-state index in [4.69, 9.17) is 4.74 Å². The molecule has 0 spiro atoms. The molecule has 8 heteroatoms. The third-order valence-corrected chi connectivity index (χ3v) is 3.41. The van der Waals surface area contributed by atoms with Crippen molar-refractivity contribution in [3.8, 4) is 5.75 Å². The summed E-state index contributed by atoms with van der Waals surface area (Å²) in [5.41, 5.74) is -0.596. The van der Waals surface area contributed by atoms with Crippen LogP contribution in [0.1, 0.15) is 22.8 Å². The smallest absolute Gasteiger partial charge is 0.416 e. The lowest BCUT2D eigenvalue weighted by Crippen LogP contribution is -2.24. The summed E-state index contributed by atoms with van der Waals surface area (Å²) in [5, 5.41) is 2.40. The van der Waals surface area contributed by atoms with Crippen molar-refractivity contribution in [2.45, 2.75) is 19.2 Å². The molecule has 0 bridgehead atoms. The number of nitrogens with one attached hydrogen (secondary N) is 1. The van der Waals surface area contributed by atoms with E-state index < -0.39 is 29.7 Å². The van der Waals surface area contributed by atoms with Gasteiger partial charge in [-0.25, -0.2) is 4.79 Å². The average Bonchev–Trinajstić information content (AvgIpc) is 2.61. The van der Waals surface area contributed by atoms with Crippen molar-refractivity contribution >= 4 is 17.6 Å². The van der Waals surface area contributed by atoms with Gasteiger partial charge in [0.2, 0.25) is 0 Å². The molecule has 1 amide bonds. The molecular weight excluding hydrogens is 351 g/mol. The summed E-state index contributed by atoms with van der Waals surface area (Å²) in [6, 6.07) is 10.2. The highest BCUT2D eigenvalue weighted by atomic mass is 19.4. The minimum absolute atomic E-state index is 0.0319. The first-order chi connectivity index (χ1) is 12.2. The molecule has 26 heavy (non-hydrogen) atoms. The SMILES string of the molecule is COC(=O)[C@H](C)Oc1ccc(C(=O)Nc2cccc(C(F)(F)F)c2)cc1. The van der Waals surface area contributed by atoms with Crippen molar-refractivity contribution in [3.05, 3.63) is 59.7 Å². The Hall–Kier alpha value is -3.03. The molecule has 1 N–H and O–H groups in total. The number of carbonyl (C=O) groups is 2. The minimum Gasteiger partial charge on any atom is -0.479 e. The normalized spacial score (nSPS) is 12.2. The van der Waals surface area contributed by atoms with E-state index in [-0.39, 0.29) is 11.3 Å². The second-order valence-corrected chi connectivity index (χ2v) is 5.34. The van der Waals surface area contributed by atoms with Crippen LogP contribution < -0.4 is 10.1 Å². The Balaban J connectivity index is 2.05. The first kappa shape index (κ1) is 19.3. The maximum Gasteiger partial charge on any atom is 0.416 e. The van der Waals surface area contributed by atoms with Crippen LogP contribution >= 0.6 is 0 Å². The summed E-state index contributed by atoms with van der Waals surface area (Å²) in [6.07, 6.45) is -5.31. The van der Waals surface area contributed by atoms with Crippen LogP contribution in [0, 0.1) is 0 Å². The van der Waals surface area contributed by atoms with E-state index >= 15 is 0 Å². The zero-order valence-corrected chi connectivity index (χ0v) is 14.0. The fraction of sp³-hybridized carbons (Fsp3) is 0.222. The average molecular weight is 367 g/mol. The van der Waals surface area contributed by atoms with Gasteiger partial charge in [-0.15, -0.1) is 0 Å². The number of amides is 1. The van der Waals surface area contributed by atoms with Gasteiger partial charge in [0.1, 0.15) is 5.75 Å². The minimum atomic E-state index is -4.49. The number of esters is 1. The molecule has 0 radical (unpaired) electrons. The number of carbonyl (C=O) groups excluding carboxylic acids is 2. The standard InChI is InChI=1S/C18H16F3NO4/c1-11(17(24)25-2)26-15-8-6-12(7-9-15)16(23)22-14-5-3-4-13(10-14)18(19,20)21/h3-11H,1-2H3,(H,22,23)/t11-/m0/s1. The zero-order valence-electron chi connectivity index (χ0n) is 14.0. The summed E-state index contributed by atoms with van der Waals surface area (Å²) in [6.45, 7) is 1.51. The molecule has 2 rings (SSSR count). The molecule has 0 aliphatic heterocycles. The number of benzene rings is 2. The maximum absolute atomic E-state index is 12.7. The summed E-state index contributed by atoms with van der Waals surface area (Å²) >= 11 is 0. The largest absolute Gasteiger partial charge is 0.479 e. The highest BCUT2D eigenvalue weighted by Crippen LogP contribution is 2.30. The molecule has 138 valence electrons. The number of hydrogen-bond donors (Lipinski definition) is 1. The van der Waals surface area contributed by atoms with Gasteiger partial charge in [0.15, 0.2) is 6.10 Å². The Morgan fingerprint density at radius 2 is 1.73 bits per heavy atom. The first-order valence-corrected chi connectivity index (χ1v) is 7.54. The predicted octanol–water partition coefficient (Wildman–Crippen LogP) is 3.90. The van der Waals surface area contributed by atoms with Crippen molar-refractivity contribution in [1.82, 2.24) is 0 Å². The summed E-state index contributed by atoms with van der Waals surface area (Å²) in [4.78, 5) is 23.5. The molecule has 0 saturated carbocycles. The number of alkyl halides is 3. The van der Waals surface area contributed by atoms with Crippen molar-refractivity contribution in [1.29, 1.82) is 0 Å². The van der Waals surface area contributed by atoms with E-state index in [1.165, 1.54) is 50.4 Å². The molecule has 0 fully saturated rings. The summed E-state index contributed by atoms with van der Waals surface area (Å²) < 4.78 is 48.0. The fourth-order valence-electron chi connectivity index (χ4n) is 2.08. The second-order valence-electron chi connectivity index (χ2n) is 5.34. The van der Waals surface area contributed by atoms with Crippen LogP contribution in [-0.2, 0) is 15.7 Å². The molecule has 0 unspecified atom stereocenters. The van der Waals surface area contributed by atoms with Crippen LogP contribution in [0.25, 0.3) is 0 Å². The Bertz CT molecular complexity index is 788. The summed E-state index contributed by atoms with van der Waals surface area (Å²) in [5.74, 6) is -0.772. The number of hydrogen-bond acceptors (Lipinski definition) is 4. The van der Waals surface area contributed by atoms with Gasteiger partial charge in [0.05, 0.1) is 12.7 Å². The van der Waals surface area contributed by atoms with Gasteiger partial charge < -0.3 is 14.8 Å². The Kier molecular flexibility index (Phi) is 5.86. The number of ether oxygens (including phenoxy) is 2. The van der Waals surface area contributed by atoms with Gasteiger partial charge in [-0.1, -0.05) is 6.07 Å². The molecule has 0 heterocycles. The van der Waals surface area contributed by atoms with Gasteiger partial charge >= 0.3 is 12.1 Å². The van der Waals surface area contributed by atoms with Gasteiger partial charge in [-0.3, -0.25) is 4.79 Å². The van der Waals surface area contributed by atoms with Crippen LogP contribution in [-0.4, -0.2) is 25.1 Å². The summed E-state index contributed by atoms with van der Waals surface area (Å²) in [7, 11) is 1.24. The van der Waals surface area contributed by atoms with Crippen LogP contribution in [0.2, 0.25) is 0 Å². The molecule has 1 atom stereocenters. The highest BCUT2D eigenvalue weighted by Gasteiger charge is 2.30. The third-order valence-electron chi connectivity index (χ3n) is 3.41. The zero-order chi connectivity index (χ0) is 19.3. The van der Waals surface area contributed by atoms with Gasteiger partial charge in [-0.05, 0) is 49.4 Å². The lowest BCUT2D eigenvalue weighted by molar-refractivity contribution is -0.148. The van der Waals surface area contributed by atoms with Gasteiger partial charge in [0, 0.05) is 11.3 Å². The van der Waals surface area contributed by atoms with Gasteiger partial charge in [-0.2, -0.15) is 13.2 Å². The molecule has 0 aromatic heterocycles. The number of halogens is 3.